The second kappa shape index (κ2) is 12.5. The van der Waals surface area contributed by atoms with Crippen LogP contribution < -0.4 is 15.5 Å². The van der Waals surface area contributed by atoms with Crippen LogP contribution in [0.2, 0.25) is 0 Å². The second-order valence-corrected chi connectivity index (χ2v) is 11.5. The molecule has 0 amide bonds. The Morgan fingerprint density at radius 3 is 2.36 bits per heavy atom. The topological polar surface area (TPSA) is 89.3 Å². The predicted octanol–water partition coefficient (Wildman–Crippen LogP) is 3.69. The zero-order chi connectivity index (χ0) is 26.2. The molecule has 1 aromatic carbocycles. The number of hydrogen-bond acceptors (Lipinski definition) is 8. The van der Waals surface area contributed by atoms with Crippen molar-refractivity contribution in [3.8, 4) is 6.07 Å². The zero-order valence-electron chi connectivity index (χ0n) is 22.9. The Kier molecular flexibility index (Phi) is 9.66. The van der Waals surface area contributed by atoms with Crippen molar-refractivity contribution in [1.29, 1.82) is 5.26 Å². The standard InChI is InChI=1S/C28H43N7O/c1-27(2,3)21-31-26-23(19-30-25(18-29)33-26)20-32-28(4,5)17-22-7-9-24(10-8-22)35-13-11-34(12-14-35)15-16-36-6/h7-10,19,32H,11-17,20-21H2,1-6H3,(H,30,31,33). The van der Waals surface area contributed by atoms with E-state index >= 15 is 0 Å². The fraction of sp³-hybridized carbons (Fsp3) is 0.607. The minimum atomic E-state index is -0.121. The van der Waals surface area contributed by atoms with Gasteiger partial charge in [-0.3, -0.25) is 4.90 Å². The molecule has 0 atom stereocenters. The van der Waals surface area contributed by atoms with E-state index in [-0.39, 0.29) is 16.8 Å². The van der Waals surface area contributed by atoms with Crippen LogP contribution in [0, 0.1) is 16.7 Å². The van der Waals surface area contributed by atoms with Gasteiger partial charge in [0.1, 0.15) is 11.9 Å². The Morgan fingerprint density at radius 2 is 1.75 bits per heavy atom. The normalized spacial score (nSPS) is 15.1. The van der Waals surface area contributed by atoms with E-state index in [1.54, 1.807) is 13.3 Å². The fourth-order valence-electron chi connectivity index (χ4n) is 4.27. The van der Waals surface area contributed by atoms with Gasteiger partial charge in [0.2, 0.25) is 5.82 Å². The van der Waals surface area contributed by atoms with Crippen molar-refractivity contribution in [2.45, 2.75) is 53.1 Å². The molecule has 0 aliphatic carbocycles. The molecule has 0 saturated carbocycles. The third-order valence-corrected chi connectivity index (χ3v) is 6.44. The summed E-state index contributed by atoms with van der Waals surface area (Å²) >= 11 is 0. The average molecular weight is 494 g/mol. The Morgan fingerprint density at radius 1 is 1.06 bits per heavy atom. The first kappa shape index (κ1) is 27.9. The summed E-state index contributed by atoms with van der Waals surface area (Å²) in [4.78, 5) is 13.5. The van der Waals surface area contributed by atoms with Crippen LogP contribution in [0.4, 0.5) is 11.5 Å². The molecule has 2 N–H and O–H groups in total. The maximum absolute atomic E-state index is 9.22. The second-order valence-electron chi connectivity index (χ2n) is 11.5. The van der Waals surface area contributed by atoms with Gasteiger partial charge in [0.15, 0.2) is 0 Å². The van der Waals surface area contributed by atoms with Gasteiger partial charge >= 0.3 is 0 Å². The average Bonchev–Trinajstić information content (AvgIpc) is 2.85. The van der Waals surface area contributed by atoms with Crippen molar-refractivity contribution in [3.63, 3.8) is 0 Å². The minimum Gasteiger partial charge on any atom is -0.383 e. The summed E-state index contributed by atoms with van der Waals surface area (Å²) in [6.45, 7) is 18.4. The van der Waals surface area contributed by atoms with Crippen molar-refractivity contribution >= 4 is 11.5 Å². The van der Waals surface area contributed by atoms with Gasteiger partial charge in [-0.05, 0) is 43.4 Å². The quantitative estimate of drug-likeness (QED) is 0.490. The molecule has 0 spiro atoms. The SMILES string of the molecule is COCCN1CCN(c2ccc(CC(C)(C)NCc3cnc(C#N)nc3NCC(C)(C)C)cc2)CC1. The van der Waals surface area contributed by atoms with Crippen LogP contribution in [-0.2, 0) is 17.7 Å². The molecule has 8 nitrogen and oxygen atoms in total. The number of methoxy groups -OCH3 is 1. The summed E-state index contributed by atoms with van der Waals surface area (Å²) < 4.78 is 5.21. The molecule has 8 heteroatoms. The molecule has 196 valence electrons. The first-order valence-corrected chi connectivity index (χ1v) is 12.9. The van der Waals surface area contributed by atoms with E-state index in [0.717, 1.165) is 63.7 Å². The van der Waals surface area contributed by atoms with Gasteiger partial charge in [-0.15, -0.1) is 0 Å². The molecule has 2 heterocycles. The highest BCUT2D eigenvalue weighted by molar-refractivity contribution is 5.48. The number of anilines is 2. The van der Waals surface area contributed by atoms with Crippen molar-refractivity contribution in [1.82, 2.24) is 20.2 Å². The number of piperazine rings is 1. The summed E-state index contributed by atoms with van der Waals surface area (Å²) in [5.74, 6) is 0.914. The van der Waals surface area contributed by atoms with E-state index in [0.29, 0.717) is 6.54 Å². The Balaban J connectivity index is 1.56. The molecular weight excluding hydrogens is 450 g/mol. The third kappa shape index (κ3) is 8.74. The molecule has 2 aromatic rings. The number of rotatable bonds is 11. The highest BCUT2D eigenvalue weighted by atomic mass is 16.5. The van der Waals surface area contributed by atoms with Gasteiger partial charge in [0.25, 0.3) is 0 Å². The predicted molar refractivity (Wildman–Crippen MR) is 146 cm³/mol. The van der Waals surface area contributed by atoms with Gasteiger partial charge in [-0.1, -0.05) is 32.9 Å². The molecule has 0 bridgehead atoms. The van der Waals surface area contributed by atoms with Crippen LogP contribution in [-0.4, -0.2) is 73.4 Å². The minimum absolute atomic E-state index is 0.103. The molecule has 1 aliphatic heterocycles. The number of benzene rings is 1. The van der Waals surface area contributed by atoms with Crippen LogP contribution in [0.25, 0.3) is 0 Å². The molecule has 1 aliphatic rings. The molecule has 3 rings (SSSR count). The number of aromatic nitrogens is 2. The summed E-state index contributed by atoms with van der Waals surface area (Å²) in [6.07, 6.45) is 2.66. The van der Waals surface area contributed by atoms with Gasteiger partial charge in [0.05, 0.1) is 6.61 Å². The lowest BCUT2D eigenvalue weighted by Crippen LogP contribution is -2.47. The van der Waals surface area contributed by atoms with Crippen molar-refractivity contribution in [3.05, 3.63) is 47.4 Å². The van der Waals surface area contributed by atoms with Crippen LogP contribution in [0.5, 0.6) is 0 Å². The highest BCUT2D eigenvalue weighted by Gasteiger charge is 2.21. The third-order valence-electron chi connectivity index (χ3n) is 6.44. The number of ether oxygens (including phenoxy) is 1. The summed E-state index contributed by atoms with van der Waals surface area (Å²) in [5.41, 5.74) is 3.54. The lowest BCUT2D eigenvalue weighted by atomic mass is 9.94. The van der Waals surface area contributed by atoms with Gasteiger partial charge in [-0.2, -0.15) is 5.26 Å². The Labute approximate surface area is 217 Å². The lowest BCUT2D eigenvalue weighted by Gasteiger charge is -2.36. The molecule has 1 saturated heterocycles. The first-order chi connectivity index (χ1) is 17.1. The lowest BCUT2D eigenvalue weighted by molar-refractivity contribution is 0.144. The van der Waals surface area contributed by atoms with Gasteiger partial charge in [-0.25, -0.2) is 9.97 Å². The molecule has 1 aromatic heterocycles. The van der Waals surface area contributed by atoms with Crippen molar-refractivity contribution in [2.24, 2.45) is 5.41 Å². The number of nitrogens with zero attached hydrogens (tertiary/aromatic N) is 5. The zero-order valence-corrected chi connectivity index (χ0v) is 22.9. The fourth-order valence-corrected chi connectivity index (χ4v) is 4.27. The molecule has 36 heavy (non-hydrogen) atoms. The maximum atomic E-state index is 9.22. The molecule has 1 fully saturated rings. The van der Waals surface area contributed by atoms with Crippen molar-refractivity contribution in [2.75, 3.05) is 63.2 Å². The van der Waals surface area contributed by atoms with Crippen LogP contribution in [0.3, 0.4) is 0 Å². The van der Waals surface area contributed by atoms with Crippen LogP contribution in [0.15, 0.2) is 30.5 Å². The number of hydrogen-bond donors (Lipinski definition) is 2. The van der Waals surface area contributed by atoms with Gasteiger partial charge in [0, 0.05) is 75.9 Å². The first-order valence-electron chi connectivity index (χ1n) is 12.9. The molecule has 0 radical (unpaired) electrons. The number of nitrogens with one attached hydrogen (secondary N) is 2. The summed E-state index contributed by atoms with van der Waals surface area (Å²) in [6, 6.07) is 11.0. The molecular formula is C28H43N7O. The highest BCUT2D eigenvalue weighted by Crippen LogP contribution is 2.22. The van der Waals surface area contributed by atoms with E-state index in [4.69, 9.17) is 4.74 Å². The van der Waals surface area contributed by atoms with Crippen LogP contribution >= 0.6 is 0 Å². The summed E-state index contributed by atoms with van der Waals surface area (Å²) in [5, 5.41) is 16.3. The van der Waals surface area contributed by atoms with Crippen LogP contribution in [0.1, 0.15) is 51.6 Å². The number of nitriles is 1. The van der Waals surface area contributed by atoms with E-state index in [2.05, 4.69) is 89.3 Å². The van der Waals surface area contributed by atoms with E-state index in [9.17, 15) is 5.26 Å². The van der Waals surface area contributed by atoms with Crippen molar-refractivity contribution < 1.29 is 4.74 Å². The maximum Gasteiger partial charge on any atom is 0.234 e. The van der Waals surface area contributed by atoms with E-state index in [1.165, 1.54) is 11.3 Å². The largest absolute Gasteiger partial charge is 0.383 e. The Hall–Kier alpha value is -2.73. The monoisotopic (exact) mass is 493 g/mol. The molecule has 0 unspecified atom stereocenters. The van der Waals surface area contributed by atoms with E-state index < -0.39 is 0 Å². The smallest absolute Gasteiger partial charge is 0.234 e. The van der Waals surface area contributed by atoms with Gasteiger partial charge < -0.3 is 20.3 Å². The summed E-state index contributed by atoms with van der Waals surface area (Å²) in [7, 11) is 1.76. The Bertz CT molecular complexity index is 1000. The van der Waals surface area contributed by atoms with E-state index in [1.807, 2.05) is 6.07 Å².